The summed E-state index contributed by atoms with van der Waals surface area (Å²) in [5.41, 5.74) is 3.67. The molecule has 0 saturated carbocycles. The van der Waals surface area contributed by atoms with Crippen LogP contribution in [0.25, 0.3) is 6.08 Å². The molecule has 0 aromatic heterocycles. The molecule has 0 unspecified atom stereocenters. The quantitative estimate of drug-likeness (QED) is 0.452. The molecule has 0 bridgehead atoms. The fraction of sp³-hybridized carbons (Fsp3) is 0.217. The molecule has 0 fully saturated rings. The molecule has 1 aliphatic rings. The average Bonchev–Trinajstić information content (AvgIpc) is 2.96. The third kappa shape index (κ3) is 4.51. The number of amides is 1. The van der Waals surface area contributed by atoms with E-state index in [9.17, 15) is 4.79 Å². The zero-order valence-electron chi connectivity index (χ0n) is 16.7. The van der Waals surface area contributed by atoms with Crippen LogP contribution in [0.1, 0.15) is 25.0 Å². The largest absolute Gasteiger partial charge is 0.490 e. The molecular weight excluding hydrogens is 388 g/mol. The molecule has 0 radical (unpaired) electrons. The van der Waals surface area contributed by atoms with E-state index in [0.29, 0.717) is 41.0 Å². The Labute approximate surface area is 175 Å². The lowest BCUT2D eigenvalue weighted by Gasteiger charge is -2.14. The monoisotopic (exact) mass is 410 g/mol. The van der Waals surface area contributed by atoms with Gasteiger partial charge in [0.05, 0.1) is 28.6 Å². The predicted molar refractivity (Wildman–Crippen MR) is 118 cm³/mol. The van der Waals surface area contributed by atoms with Crippen LogP contribution < -0.4 is 14.5 Å². The van der Waals surface area contributed by atoms with Gasteiger partial charge in [0, 0.05) is 0 Å². The molecule has 0 saturated heterocycles. The van der Waals surface area contributed by atoms with Crippen molar-refractivity contribution in [1.82, 2.24) is 0 Å². The first-order valence-corrected chi connectivity index (χ1v) is 9.70. The van der Waals surface area contributed by atoms with E-state index in [2.05, 4.69) is 11.7 Å². The van der Waals surface area contributed by atoms with Crippen LogP contribution >= 0.6 is 11.6 Å². The van der Waals surface area contributed by atoms with Crippen LogP contribution in [0.4, 0.5) is 5.69 Å². The number of nitrogens with zero attached hydrogens (tertiary/aromatic N) is 2. The van der Waals surface area contributed by atoms with Gasteiger partial charge in [-0.1, -0.05) is 36.4 Å². The summed E-state index contributed by atoms with van der Waals surface area (Å²) >= 11 is 6.41. The van der Waals surface area contributed by atoms with Crippen molar-refractivity contribution in [2.75, 3.05) is 18.2 Å². The van der Waals surface area contributed by atoms with E-state index in [4.69, 9.17) is 21.1 Å². The summed E-state index contributed by atoms with van der Waals surface area (Å²) in [6, 6.07) is 11.2. The number of carbonyl (C=O) groups excluding carboxylic acids is 1. The van der Waals surface area contributed by atoms with E-state index >= 15 is 0 Å². The van der Waals surface area contributed by atoms with Crippen molar-refractivity contribution < 1.29 is 14.3 Å². The van der Waals surface area contributed by atoms with Crippen LogP contribution in [0.5, 0.6) is 11.5 Å². The Kier molecular flexibility index (Phi) is 6.39. The van der Waals surface area contributed by atoms with E-state index in [-0.39, 0.29) is 5.91 Å². The van der Waals surface area contributed by atoms with Crippen molar-refractivity contribution in [3.05, 3.63) is 70.8 Å². The molecule has 3 rings (SSSR count). The van der Waals surface area contributed by atoms with Crippen molar-refractivity contribution in [1.29, 1.82) is 0 Å². The van der Waals surface area contributed by atoms with Gasteiger partial charge < -0.3 is 9.47 Å². The highest BCUT2D eigenvalue weighted by atomic mass is 35.5. The SMILES string of the molecule is C=CCOc1c(Cl)cc(/C=C2\C(=O)N(c3cccc(C)c3)N=C2C)cc1OCC. The van der Waals surface area contributed by atoms with Crippen LogP contribution in [-0.4, -0.2) is 24.8 Å². The Morgan fingerprint density at radius 3 is 2.69 bits per heavy atom. The normalized spacial score (nSPS) is 14.9. The Morgan fingerprint density at radius 1 is 1.21 bits per heavy atom. The first kappa shape index (κ1) is 20.7. The Bertz CT molecular complexity index is 1010. The van der Waals surface area contributed by atoms with Crippen molar-refractivity contribution in [3.63, 3.8) is 0 Å². The maximum Gasteiger partial charge on any atom is 0.280 e. The lowest BCUT2D eigenvalue weighted by Crippen LogP contribution is -2.21. The summed E-state index contributed by atoms with van der Waals surface area (Å²) in [7, 11) is 0. The van der Waals surface area contributed by atoms with Gasteiger partial charge in [-0.05, 0) is 62.2 Å². The minimum Gasteiger partial charge on any atom is -0.490 e. The van der Waals surface area contributed by atoms with E-state index in [0.717, 1.165) is 16.8 Å². The van der Waals surface area contributed by atoms with Crippen LogP contribution in [0, 0.1) is 6.92 Å². The van der Waals surface area contributed by atoms with Crippen LogP contribution in [0.3, 0.4) is 0 Å². The van der Waals surface area contributed by atoms with E-state index in [1.54, 1.807) is 24.3 Å². The molecule has 0 N–H and O–H groups in total. The number of carbonyl (C=O) groups is 1. The number of hydrogen-bond acceptors (Lipinski definition) is 4. The van der Waals surface area contributed by atoms with Crippen molar-refractivity contribution in [2.45, 2.75) is 20.8 Å². The van der Waals surface area contributed by atoms with Gasteiger partial charge >= 0.3 is 0 Å². The number of benzene rings is 2. The molecular formula is C23H23ClN2O3. The van der Waals surface area contributed by atoms with E-state index in [1.807, 2.05) is 45.0 Å². The first-order valence-electron chi connectivity index (χ1n) is 9.33. The zero-order chi connectivity index (χ0) is 21.0. The smallest absolute Gasteiger partial charge is 0.280 e. The zero-order valence-corrected chi connectivity index (χ0v) is 17.5. The van der Waals surface area contributed by atoms with Crippen molar-refractivity contribution >= 4 is 35.0 Å². The number of hydrogen-bond donors (Lipinski definition) is 0. The van der Waals surface area contributed by atoms with Crippen molar-refractivity contribution in [3.8, 4) is 11.5 Å². The fourth-order valence-corrected chi connectivity index (χ4v) is 3.28. The highest BCUT2D eigenvalue weighted by Crippen LogP contribution is 2.38. The molecule has 5 nitrogen and oxygen atoms in total. The number of hydrazone groups is 1. The Balaban J connectivity index is 1.96. The number of anilines is 1. The number of ether oxygens (including phenoxy) is 2. The summed E-state index contributed by atoms with van der Waals surface area (Å²) < 4.78 is 11.3. The second kappa shape index (κ2) is 8.97. The predicted octanol–water partition coefficient (Wildman–Crippen LogP) is 5.42. The molecule has 150 valence electrons. The number of halogens is 1. The molecule has 6 heteroatoms. The van der Waals surface area contributed by atoms with Crippen molar-refractivity contribution in [2.24, 2.45) is 5.10 Å². The molecule has 1 aliphatic heterocycles. The minimum atomic E-state index is -0.186. The van der Waals surface area contributed by atoms with Gasteiger partial charge in [0.25, 0.3) is 5.91 Å². The van der Waals surface area contributed by atoms with Crippen LogP contribution in [0.15, 0.2) is 59.7 Å². The summed E-state index contributed by atoms with van der Waals surface area (Å²) in [4.78, 5) is 13.0. The maximum absolute atomic E-state index is 13.0. The summed E-state index contributed by atoms with van der Waals surface area (Å²) in [6.07, 6.45) is 3.40. The molecule has 1 heterocycles. The van der Waals surface area contributed by atoms with Gasteiger partial charge in [-0.25, -0.2) is 0 Å². The fourth-order valence-electron chi connectivity index (χ4n) is 3.00. The van der Waals surface area contributed by atoms with Crippen LogP contribution in [-0.2, 0) is 4.79 Å². The molecule has 2 aromatic carbocycles. The molecule has 2 aromatic rings. The van der Waals surface area contributed by atoms with E-state index < -0.39 is 0 Å². The Morgan fingerprint density at radius 2 is 2.00 bits per heavy atom. The number of rotatable bonds is 7. The molecule has 29 heavy (non-hydrogen) atoms. The average molecular weight is 411 g/mol. The summed E-state index contributed by atoms with van der Waals surface area (Å²) in [6.45, 7) is 10.1. The van der Waals surface area contributed by atoms with Crippen LogP contribution in [0.2, 0.25) is 5.02 Å². The van der Waals surface area contributed by atoms with Gasteiger partial charge in [0.1, 0.15) is 6.61 Å². The third-order valence-corrected chi connectivity index (χ3v) is 4.58. The third-order valence-electron chi connectivity index (χ3n) is 4.30. The minimum absolute atomic E-state index is 0.186. The Hall–Kier alpha value is -3.05. The molecule has 0 aliphatic carbocycles. The standard InChI is InChI=1S/C23H23ClN2O3/c1-5-10-29-22-20(24)13-17(14-21(22)28-6-2)12-19-16(4)25-26(23(19)27)18-9-7-8-15(3)11-18/h5,7-9,11-14H,1,6,10H2,2-4H3/b19-12-. The topological polar surface area (TPSA) is 51.1 Å². The summed E-state index contributed by atoms with van der Waals surface area (Å²) in [5.74, 6) is 0.790. The summed E-state index contributed by atoms with van der Waals surface area (Å²) in [5, 5.41) is 6.25. The molecule has 1 amide bonds. The van der Waals surface area contributed by atoms with Gasteiger partial charge in [-0.2, -0.15) is 10.1 Å². The van der Waals surface area contributed by atoms with Gasteiger partial charge in [-0.3, -0.25) is 4.79 Å². The first-order chi connectivity index (χ1) is 13.9. The highest BCUT2D eigenvalue weighted by Gasteiger charge is 2.29. The lowest BCUT2D eigenvalue weighted by molar-refractivity contribution is -0.114. The second-order valence-corrected chi connectivity index (χ2v) is 6.97. The lowest BCUT2D eigenvalue weighted by atomic mass is 10.1. The number of aryl methyl sites for hydroxylation is 1. The van der Waals surface area contributed by atoms with Gasteiger partial charge in [0.2, 0.25) is 0 Å². The second-order valence-electron chi connectivity index (χ2n) is 6.56. The molecule has 0 spiro atoms. The highest BCUT2D eigenvalue weighted by molar-refractivity contribution is 6.33. The maximum atomic E-state index is 13.0. The van der Waals surface area contributed by atoms with Gasteiger partial charge in [0.15, 0.2) is 11.5 Å². The van der Waals surface area contributed by atoms with E-state index in [1.165, 1.54) is 5.01 Å². The molecule has 0 atom stereocenters. The van der Waals surface area contributed by atoms with Gasteiger partial charge in [-0.15, -0.1) is 0 Å².